The Kier molecular flexibility index (Phi) is 2.93. The topological polar surface area (TPSA) is 64.9 Å². The van der Waals surface area contributed by atoms with Gasteiger partial charge in [-0.3, -0.25) is 0 Å². The molecule has 0 aliphatic carbocycles. The van der Waals surface area contributed by atoms with Gasteiger partial charge in [0.2, 0.25) is 5.95 Å². The van der Waals surface area contributed by atoms with Gasteiger partial charge in [0.15, 0.2) is 0 Å². The molecule has 1 fully saturated rings. The fourth-order valence-electron chi connectivity index (χ4n) is 1.58. The molecule has 2 rings (SSSR count). The first kappa shape index (κ1) is 9.39. The lowest BCUT2D eigenvalue weighted by Crippen LogP contribution is -2.11. The van der Waals surface area contributed by atoms with Crippen LogP contribution < -0.4 is 5.32 Å². The van der Waals surface area contributed by atoms with Gasteiger partial charge in [0.05, 0.1) is 0 Å². The molecule has 14 heavy (non-hydrogen) atoms. The lowest BCUT2D eigenvalue weighted by molar-refractivity contribution is 0.185. The Bertz CT molecular complexity index is 281. The number of hydrogen-bond donors (Lipinski definition) is 1. The number of aryl methyl sites for hydroxylation is 1. The fraction of sp³-hybridized carbons (Fsp3) is 0.875. The smallest absolute Gasteiger partial charge is 0.242 e. The molecule has 78 valence electrons. The zero-order valence-electron chi connectivity index (χ0n) is 8.31. The molecule has 1 atom stereocenters. The molecule has 0 amide bonds. The standard InChI is InChI=1S/C8H15N5O/c1-13-8(10-11-12-13)9-4-2-7-3-5-14-6-7/h7H,2-6H2,1H3,(H,9,10,12). The van der Waals surface area contributed by atoms with Gasteiger partial charge in [0.25, 0.3) is 0 Å². The zero-order chi connectivity index (χ0) is 9.80. The molecule has 0 saturated carbocycles. The molecular weight excluding hydrogens is 182 g/mol. The number of tetrazole rings is 1. The third-order valence-corrected chi connectivity index (χ3v) is 2.48. The molecule has 1 saturated heterocycles. The fourth-order valence-corrected chi connectivity index (χ4v) is 1.58. The van der Waals surface area contributed by atoms with E-state index in [1.165, 1.54) is 6.42 Å². The van der Waals surface area contributed by atoms with Crippen LogP contribution >= 0.6 is 0 Å². The Hall–Kier alpha value is -1.17. The molecule has 1 aromatic rings. The van der Waals surface area contributed by atoms with Crippen LogP contribution in [0, 0.1) is 5.92 Å². The van der Waals surface area contributed by atoms with E-state index in [4.69, 9.17) is 4.74 Å². The summed E-state index contributed by atoms with van der Waals surface area (Å²) in [6, 6.07) is 0. The van der Waals surface area contributed by atoms with Crippen LogP contribution in [0.4, 0.5) is 5.95 Å². The van der Waals surface area contributed by atoms with Crippen molar-refractivity contribution in [3.05, 3.63) is 0 Å². The van der Waals surface area contributed by atoms with Crippen molar-refractivity contribution in [3.63, 3.8) is 0 Å². The van der Waals surface area contributed by atoms with Gasteiger partial charge < -0.3 is 10.1 Å². The SMILES string of the molecule is Cn1nnnc1NCCC1CCOC1. The van der Waals surface area contributed by atoms with Crippen molar-refractivity contribution in [1.29, 1.82) is 0 Å². The predicted molar refractivity (Wildman–Crippen MR) is 50.8 cm³/mol. The average Bonchev–Trinajstić information content (AvgIpc) is 2.78. The highest BCUT2D eigenvalue weighted by atomic mass is 16.5. The van der Waals surface area contributed by atoms with Crippen LogP contribution in [0.2, 0.25) is 0 Å². The highest BCUT2D eigenvalue weighted by Crippen LogP contribution is 2.15. The van der Waals surface area contributed by atoms with Gasteiger partial charge in [-0.2, -0.15) is 0 Å². The molecule has 0 aromatic carbocycles. The van der Waals surface area contributed by atoms with Crippen LogP contribution in [0.1, 0.15) is 12.8 Å². The lowest BCUT2D eigenvalue weighted by Gasteiger charge is -2.07. The quantitative estimate of drug-likeness (QED) is 0.738. The Morgan fingerprint density at radius 1 is 1.64 bits per heavy atom. The average molecular weight is 197 g/mol. The number of nitrogens with zero attached hydrogens (tertiary/aromatic N) is 4. The molecule has 1 aromatic heterocycles. The molecule has 6 heteroatoms. The van der Waals surface area contributed by atoms with Crippen molar-refractivity contribution in [2.75, 3.05) is 25.1 Å². The van der Waals surface area contributed by atoms with Gasteiger partial charge in [-0.05, 0) is 29.2 Å². The first-order valence-corrected chi connectivity index (χ1v) is 4.90. The van der Waals surface area contributed by atoms with E-state index in [1.54, 1.807) is 4.68 Å². The minimum atomic E-state index is 0.698. The Labute approximate surface area is 82.6 Å². The Balaban J connectivity index is 1.70. The second kappa shape index (κ2) is 4.36. The van der Waals surface area contributed by atoms with Gasteiger partial charge in [-0.1, -0.05) is 5.10 Å². The van der Waals surface area contributed by atoms with Crippen molar-refractivity contribution in [3.8, 4) is 0 Å². The number of ether oxygens (including phenoxy) is 1. The summed E-state index contributed by atoms with van der Waals surface area (Å²) in [5, 5.41) is 14.3. The molecule has 0 radical (unpaired) electrons. The Morgan fingerprint density at radius 2 is 2.57 bits per heavy atom. The normalized spacial score (nSPS) is 21.4. The van der Waals surface area contributed by atoms with E-state index in [0.29, 0.717) is 5.92 Å². The van der Waals surface area contributed by atoms with Crippen molar-refractivity contribution in [2.45, 2.75) is 12.8 Å². The second-order valence-corrected chi connectivity index (χ2v) is 3.57. The number of hydrogen-bond acceptors (Lipinski definition) is 5. The summed E-state index contributed by atoms with van der Waals surface area (Å²) in [5.74, 6) is 1.42. The molecule has 0 spiro atoms. The maximum atomic E-state index is 5.30. The van der Waals surface area contributed by atoms with Crippen LogP contribution in [0.5, 0.6) is 0 Å². The van der Waals surface area contributed by atoms with Crippen molar-refractivity contribution >= 4 is 5.95 Å². The summed E-state index contributed by atoms with van der Waals surface area (Å²) in [7, 11) is 1.82. The van der Waals surface area contributed by atoms with Gasteiger partial charge in [0.1, 0.15) is 0 Å². The van der Waals surface area contributed by atoms with Crippen LogP contribution in [0.25, 0.3) is 0 Å². The third-order valence-electron chi connectivity index (χ3n) is 2.48. The Morgan fingerprint density at radius 3 is 3.21 bits per heavy atom. The second-order valence-electron chi connectivity index (χ2n) is 3.57. The van der Waals surface area contributed by atoms with Crippen LogP contribution in [-0.2, 0) is 11.8 Å². The number of anilines is 1. The molecule has 1 unspecified atom stereocenters. The molecule has 2 heterocycles. The largest absolute Gasteiger partial charge is 0.381 e. The maximum Gasteiger partial charge on any atom is 0.242 e. The predicted octanol–water partition coefficient (Wildman–Crippen LogP) is 0.0486. The van der Waals surface area contributed by atoms with Crippen molar-refractivity contribution in [1.82, 2.24) is 20.2 Å². The molecule has 1 aliphatic rings. The van der Waals surface area contributed by atoms with E-state index in [-0.39, 0.29) is 0 Å². The van der Waals surface area contributed by atoms with Crippen LogP contribution in [0.15, 0.2) is 0 Å². The van der Waals surface area contributed by atoms with E-state index < -0.39 is 0 Å². The summed E-state index contributed by atoms with van der Waals surface area (Å²) in [4.78, 5) is 0. The van der Waals surface area contributed by atoms with E-state index in [1.807, 2.05) is 7.05 Å². The highest BCUT2D eigenvalue weighted by molar-refractivity contribution is 5.20. The summed E-state index contributed by atoms with van der Waals surface area (Å²) in [6.07, 6.45) is 2.30. The van der Waals surface area contributed by atoms with Crippen molar-refractivity contribution in [2.24, 2.45) is 13.0 Å². The van der Waals surface area contributed by atoms with E-state index in [9.17, 15) is 0 Å². The summed E-state index contributed by atoms with van der Waals surface area (Å²) >= 11 is 0. The number of aromatic nitrogens is 4. The summed E-state index contributed by atoms with van der Waals surface area (Å²) in [6.45, 7) is 2.72. The zero-order valence-corrected chi connectivity index (χ0v) is 8.31. The highest BCUT2D eigenvalue weighted by Gasteiger charge is 2.15. The summed E-state index contributed by atoms with van der Waals surface area (Å²) < 4.78 is 6.93. The minimum absolute atomic E-state index is 0.698. The van der Waals surface area contributed by atoms with E-state index in [0.717, 1.165) is 32.1 Å². The molecule has 6 nitrogen and oxygen atoms in total. The molecular formula is C8H15N5O. The van der Waals surface area contributed by atoms with Gasteiger partial charge in [-0.25, -0.2) is 4.68 Å². The van der Waals surface area contributed by atoms with Crippen LogP contribution in [-0.4, -0.2) is 40.0 Å². The summed E-state index contributed by atoms with van der Waals surface area (Å²) in [5.41, 5.74) is 0. The van der Waals surface area contributed by atoms with Gasteiger partial charge in [-0.15, -0.1) is 0 Å². The maximum absolute atomic E-state index is 5.30. The van der Waals surface area contributed by atoms with Crippen LogP contribution in [0.3, 0.4) is 0 Å². The monoisotopic (exact) mass is 197 g/mol. The lowest BCUT2D eigenvalue weighted by atomic mass is 10.1. The first-order chi connectivity index (χ1) is 6.86. The number of nitrogens with one attached hydrogen (secondary N) is 1. The van der Waals surface area contributed by atoms with E-state index >= 15 is 0 Å². The molecule has 0 bridgehead atoms. The van der Waals surface area contributed by atoms with Gasteiger partial charge in [0, 0.05) is 26.8 Å². The third kappa shape index (κ3) is 2.20. The molecule has 1 N–H and O–H groups in total. The molecule has 1 aliphatic heterocycles. The van der Waals surface area contributed by atoms with Crippen molar-refractivity contribution < 1.29 is 4.74 Å². The number of rotatable bonds is 4. The minimum Gasteiger partial charge on any atom is -0.381 e. The van der Waals surface area contributed by atoms with E-state index in [2.05, 4.69) is 20.8 Å². The van der Waals surface area contributed by atoms with Gasteiger partial charge >= 0.3 is 0 Å². The first-order valence-electron chi connectivity index (χ1n) is 4.90.